The van der Waals surface area contributed by atoms with Crippen molar-refractivity contribution in [2.45, 2.75) is 150 Å². The van der Waals surface area contributed by atoms with Crippen LogP contribution < -0.4 is 11.1 Å². The molecule has 0 aromatic heterocycles. The van der Waals surface area contributed by atoms with Crippen LogP contribution in [-0.2, 0) is 4.79 Å². The average molecular weight is 622 g/mol. The minimum atomic E-state index is -0.580. The van der Waals surface area contributed by atoms with Crippen molar-refractivity contribution < 1.29 is 14.4 Å². The summed E-state index contributed by atoms with van der Waals surface area (Å²) in [5, 5.41) is 3.09. The first-order valence-electron chi connectivity index (χ1n) is 18.6. The first kappa shape index (κ1) is 35.5. The van der Waals surface area contributed by atoms with E-state index in [4.69, 9.17) is 5.73 Å². The second kappa shape index (κ2) is 16.5. The molecule has 3 aliphatic carbocycles. The van der Waals surface area contributed by atoms with Gasteiger partial charge in [0.05, 0.1) is 0 Å². The maximum atomic E-state index is 14.6. The molecule has 0 aliphatic heterocycles. The van der Waals surface area contributed by atoms with Crippen LogP contribution in [0.1, 0.15) is 159 Å². The number of hydrogen-bond acceptors (Lipinski definition) is 3. The van der Waals surface area contributed by atoms with Crippen molar-refractivity contribution in [2.75, 3.05) is 5.32 Å². The van der Waals surface area contributed by atoms with Crippen molar-refractivity contribution in [1.29, 1.82) is 0 Å². The van der Waals surface area contributed by atoms with Gasteiger partial charge in [-0.2, -0.15) is 0 Å². The Morgan fingerprint density at radius 2 is 1.07 bits per heavy atom. The van der Waals surface area contributed by atoms with Gasteiger partial charge in [0.15, 0.2) is 0 Å². The molecule has 6 nitrogen and oxygen atoms in total. The van der Waals surface area contributed by atoms with Crippen LogP contribution in [0.15, 0.2) is 18.2 Å². The quantitative estimate of drug-likeness (QED) is 0.244. The number of amides is 3. The lowest BCUT2D eigenvalue weighted by atomic mass is 9.75. The lowest BCUT2D eigenvalue weighted by Gasteiger charge is -2.45. The Balaban J connectivity index is 1.55. The van der Waals surface area contributed by atoms with Crippen LogP contribution in [0.2, 0.25) is 0 Å². The maximum absolute atomic E-state index is 14.6. The fraction of sp³-hybridized carbons (Fsp3) is 0.769. The maximum Gasteiger partial charge on any atom is 0.254 e. The second-order valence-corrected chi connectivity index (χ2v) is 15.3. The van der Waals surface area contributed by atoms with E-state index in [0.717, 1.165) is 88.9 Å². The predicted molar refractivity (Wildman–Crippen MR) is 185 cm³/mol. The first-order valence-corrected chi connectivity index (χ1v) is 18.6. The van der Waals surface area contributed by atoms with E-state index in [-0.39, 0.29) is 35.4 Å². The zero-order valence-electron chi connectivity index (χ0n) is 29.3. The summed E-state index contributed by atoms with van der Waals surface area (Å²) in [6.45, 7) is 13.9. The molecule has 0 bridgehead atoms. The molecule has 3 atom stereocenters. The highest BCUT2D eigenvalue weighted by molar-refractivity contribution is 6.02. The number of carbonyl (C=O) groups is 3. The van der Waals surface area contributed by atoms with Crippen LogP contribution in [0, 0.1) is 41.4 Å². The van der Waals surface area contributed by atoms with Crippen molar-refractivity contribution in [1.82, 2.24) is 4.90 Å². The molecule has 0 spiro atoms. The molecule has 3 saturated carbocycles. The van der Waals surface area contributed by atoms with Gasteiger partial charge in [0.2, 0.25) is 11.8 Å². The van der Waals surface area contributed by atoms with E-state index in [9.17, 15) is 14.4 Å². The third-order valence-corrected chi connectivity index (χ3v) is 12.7. The lowest BCUT2D eigenvalue weighted by Crippen LogP contribution is -2.50. The number of nitrogens with two attached hydrogens (primary N) is 1. The number of benzene rings is 1. The number of primary amides is 1. The number of rotatable bonds is 12. The third-order valence-electron chi connectivity index (χ3n) is 12.7. The molecule has 1 aromatic carbocycles. The van der Waals surface area contributed by atoms with E-state index in [1.165, 1.54) is 19.3 Å². The number of anilines is 1. The van der Waals surface area contributed by atoms with E-state index in [0.29, 0.717) is 34.9 Å². The molecule has 0 radical (unpaired) electrons. The molecule has 0 saturated heterocycles. The minimum Gasteiger partial charge on any atom is -0.366 e. The number of nitrogens with one attached hydrogen (secondary N) is 1. The molecule has 3 aliphatic rings. The van der Waals surface area contributed by atoms with Crippen LogP contribution in [0.5, 0.6) is 0 Å². The number of hydrogen-bond donors (Lipinski definition) is 2. The van der Waals surface area contributed by atoms with E-state index < -0.39 is 5.91 Å². The third kappa shape index (κ3) is 8.92. The standard InChI is InChI=1S/C39H63N3O3/c1-7-25(4)28-10-12-31(13-11-28)38(44)41-34-23-32(37(40)43)22-33(24-34)39(45)42(35-18-14-29(15-19-35)26(5)8-2)36-20-16-30(17-21-36)27(6)9-3/h22-31,35-36H,7-21H2,1-6H3,(H2,40,43)(H,41,44)/t25?,26?,27?,28-,29-,30-,31+,35+,36+. The summed E-state index contributed by atoms with van der Waals surface area (Å²) in [6, 6.07) is 5.50. The van der Waals surface area contributed by atoms with E-state index in [1.54, 1.807) is 18.2 Å². The Morgan fingerprint density at radius 3 is 1.47 bits per heavy atom. The molecule has 0 heterocycles. The summed E-state index contributed by atoms with van der Waals surface area (Å²) in [7, 11) is 0. The van der Waals surface area contributed by atoms with Crippen LogP contribution in [0.4, 0.5) is 5.69 Å². The van der Waals surface area contributed by atoms with E-state index in [1.807, 2.05) is 0 Å². The smallest absolute Gasteiger partial charge is 0.254 e. The van der Waals surface area contributed by atoms with Gasteiger partial charge in [-0.05, 0) is 131 Å². The molecular formula is C39H63N3O3. The summed E-state index contributed by atoms with van der Waals surface area (Å²) < 4.78 is 0. The summed E-state index contributed by atoms with van der Waals surface area (Å²) >= 11 is 0. The average Bonchev–Trinajstić information content (AvgIpc) is 3.07. The van der Waals surface area contributed by atoms with Gasteiger partial charge in [0, 0.05) is 34.8 Å². The number of carbonyl (C=O) groups excluding carboxylic acids is 3. The minimum absolute atomic E-state index is 0.0124. The van der Waals surface area contributed by atoms with Crippen molar-refractivity contribution >= 4 is 23.4 Å². The Morgan fingerprint density at radius 1 is 0.667 bits per heavy atom. The highest BCUT2D eigenvalue weighted by Crippen LogP contribution is 2.40. The topological polar surface area (TPSA) is 92.5 Å². The zero-order valence-corrected chi connectivity index (χ0v) is 29.3. The highest BCUT2D eigenvalue weighted by atomic mass is 16.2. The molecule has 3 fully saturated rings. The fourth-order valence-corrected chi connectivity index (χ4v) is 8.84. The summed E-state index contributed by atoms with van der Waals surface area (Å²) in [5.41, 5.74) is 7.03. The first-order chi connectivity index (χ1) is 21.6. The van der Waals surface area contributed by atoms with Crippen molar-refractivity contribution in [3.05, 3.63) is 29.3 Å². The molecule has 3 unspecified atom stereocenters. The second-order valence-electron chi connectivity index (χ2n) is 15.3. The summed E-state index contributed by atoms with van der Waals surface area (Å²) in [5.74, 6) is 3.61. The lowest BCUT2D eigenvalue weighted by molar-refractivity contribution is -0.121. The molecule has 6 heteroatoms. The molecule has 45 heavy (non-hydrogen) atoms. The van der Waals surface area contributed by atoms with Gasteiger partial charge >= 0.3 is 0 Å². The zero-order chi connectivity index (χ0) is 32.7. The molecule has 4 rings (SSSR count). The summed E-state index contributed by atoms with van der Waals surface area (Å²) in [4.78, 5) is 42.7. The predicted octanol–water partition coefficient (Wildman–Crippen LogP) is 9.23. The Hall–Kier alpha value is -2.37. The summed E-state index contributed by atoms with van der Waals surface area (Å²) in [6.07, 6.45) is 16.3. The molecular weight excluding hydrogens is 558 g/mol. The largest absolute Gasteiger partial charge is 0.366 e. The monoisotopic (exact) mass is 621 g/mol. The molecule has 1 aromatic rings. The van der Waals surface area contributed by atoms with Gasteiger partial charge in [-0.15, -0.1) is 0 Å². The molecule has 252 valence electrons. The van der Waals surface area contributed by atoms with Gasteiger partial charge in [-0.1, -0.05) is 60.8 Å². The van der Waals surface area contributed by atoms with Crippen LogP contribution >= 0.6 is 0 Å². The van der Waals surface area contributed by atoms with Crippen LogP contribution in [-0.4, -0.2) is 34.7 Å². The van der Waals surface area contributed by atoms with Crippen molar-refractivity contribution in [3.8, 4) is 0 Å². The van der Waals surface area contributed by atoms with E-state index >= 15 is 0 Å². The Labute approximate surface area is 274 Å². The number of nitrogens with zero attached hydrogens (tertiary/aromatic N) is 1. The Kier molecular flexibility index (Phi) is 13.0. The van der Waals surface area contributed by atoms with Gasteiger partial charge in [-0.25, -0.2) is 0 Å². The normalized spacial score (nSPS) is 29.3. The van der Waals surface area contributed by atoms with Crippen molar-refractivity contribution in [2.24, 2.45) is 47.2 Å². The molecule has 3 N–H and O–H groups in total. The molecule has 3 amide bonds. The van der Waals surface area contributed by atoms with Gasteiger partial charge in [0.1, 0.15) is 0 Å². The Bertz CT molecular complexity index is 1100. The highest BCUT2D eigenvalue weighted by Gasteiger charge is 2.38. The van der Waals surface area contributed by atoms with Gasteiger partial charge in [0.25, 0.3) is 5.91 Å². The fourth-order valence-electron chi connectivity index (χ4n) is 8.84. The van der Waals surface area contributed by atoms with Crippen LogP contribution in [0.25, 0.3) is 0 Å². The SMILES string of the molecule is CCC(C)[C@H]1CC[C@@H](C(=O)Nc2cc(C(N)=O)cc(C(=O)N([C@H]3CC[C@@H](C(C)CC)CC3)[C@H]3CC[C@@H](C(C)CC)CC3)c2)CC1. The van der Waals surface area contributed by atoms with Crippen LogP contribution in [0.3, 0.4) is 0 Å². The van der Waals surface area contributed by atoms with E-state index in [2.05, 4.69) is 51.8 Å². The van der Waals surface area contributed by atoms with Gasteiger partial charge in [-0.3, -0.25) is 14.4 Å². The van der Waals surface area contributed by atoms with Crippen molar-refractivity contribution in [3.63, 3.8) is 0 Å². The van der Waals surface area contributed by atoms with Gasteiger partial charge < -0.3 is 16.0 Å².